The van der Waals surface area contributed by atoms with E-state index in [4.69, 9.17) is 9.39 Å². The summed E-state index contributed by atoms with van der Waals surface area (Å²) < 4.78 is 11.1. The van der Waals surface area contributed by atoms with Gasteiger partial charge in [0.1, 0.15) is 23.5 Å². The van der Waals surface area contributed by atoms with Crippen molar-refractivity contribution in [1.82, 2.24) is 20.0 Å². The molecule has 3 heterocycles. The fraction of sp³-hybridized carbons (Fsp3) is 0.357. The highest BCUT2D eigenvalue weighted by atomic mass is 16.6. The summed E-state index contributed by atoms with van der Waals surface area (Å²) >= 11 is 0. The molecule has 4 N–H and O–H groups in total. The zero-order valence-corrected chi connectivity index (χ0v) is 23.1. The number of likely N-dealkylation sites (tertiary alicyclic amines) is 1. The first kappa shape index (κ1) is 29.0. The van der Waals surface area contributed by atoms with Crippen molar-refractivity contribution in [3.05, 3.63) is 71.4 Å². The molecule has 42 heavy (non-hydrogen) atoms. The number of ether oxygens (including phenoxy) is 1. The van der Waals surface area contributed by atoms with Crippen molar-refractivity contribution >= 4 is 30.6 Å². The SMILES string of the molecule is C=C1C(=O)N(C(=O)N[C@@H](C(=O)N2CC(Oc3ccc4c(c3C(=O)O)O[B-](O)(O)CC4)C2)c2ccccc2)CCN1CC. The molecule has 5 rings (SSSR count). The van der Waals surface area contributed by atoms with Crippen LogP contribution in [0.25, 0.3) is 0 Å². The van der Waals surface area contributed by atoms with Gasteiger partial charge in [0, 0.05) is 19.6 Å². The molecule has 3 aliphatic rings. The van der Waals surface area contributed by atoms with Crippen LogP contribution in [0.15, 0.2) is 54.7 Å². The van der Waals surface area contributed by atoms with E-state index in [1.165, 1.54) is 11.0 Å². The lowest BCUT2D eigenvalue weighted by molar-refractivity contribution is -0.142. The Balaban J connectivity index is 1.28. The minimum absolute atomic E-state index is 0.0234. The fourth-order valence-corrected chi connectivity index (χ4v) is 5.31. The molecule has 3 aliphatic heterocycles. The molecular weight excluding hydrogens is 547 g/mol. The number of urea groups is 1. The highest BCUT2D eigenvalue weighted by molar-refractivity contribution is 6.59. The Morgan fingerprint density at radius 3 is 2.52 bits per heavy atom. The van der Waals surface area contributed by atoms with Crippen molar-refractivity contribution in [1.29, 1.82) is 0 Å². The van der Waals surface area contributed by atoms with Crippen molar-refractivity contribution in [3.8, 4) is 11.5 Å². The van der Waals surface area contributed by atoms with Crippen molar-refractivity contribution in [2.45, 2.75) is 31.8 Å². The first-order valence-corrected chi connectivity index (χ1v) is 13.7. The van der Waals surface area contributed by atoms with Gasteiger partial charge in [0.25, 0.3) is 5.91 Å². The molecule has 14 heteroatoms. The van der Waals surface area contributed by atoms with Crippen molar-refractivity contribution < 1.29 is 43.7 Å². The number of carbonyl (C=O) groups is 4. The summed E-state index contributed by atoms with van der Waals surface area (Å²) in [7, 11) is 0. The third-order valence-corrected chi connectivity index (χ3v) is 7.71. The molecule has 1 atom stereocenters. The zero-order chi connectivity index (χ0) is 30.2. The number of likely N-dealkylation sites (N-methyl/N-ethyl adjacent to an activating group) is 1. The van der Waals surface area contributed by atoms with Crippen LogP contribution in [0.5, 0.6) is 11.5 Å². The van der Waals surface area contributed by atoms with E-state index in [0.717, 1.165) is 4.90 Å². The van der Waals surface area contributed by atoms with Gasteiger partial charge in [0.2, 0.25) is 5.91 Å². The first-order chi connectivity index (χ1) is 20.0. The molecule has 0 aromatic heterocycles. The number of imide groups is 1. The Labute approximate surface area is 241 Å². The number of carboxylic acid groups (broad SMARTS) is 1. The average Bonchev–Trinajstić information content (AvgIpc) is 2.93. The second kappa shape index (κ2) is 11.4. The number of hydrogen-bond acceptors (Lipinski definition) is 9. The molecule has 222 valence electrons. The topological polar surface area (TPSA) is 169 Å². The van der Waals surface area contributed by atoms with E-state index in [0.29, 0.717) is 24.2 Å². The molecule has 2 aromatic carbocycles. The first-order valence-electron chi connectivity index (χ1n) is 13.7. The Morgan fingerprint density at radius 2 is 1.86 bits per heavy atom. The summed E-state index contributed by atoms with van der Waals surface area (Å²) in [5.41, 5.74) is 0.930. The molecule has 0 saturated carbocycles. The Morgan fingerprint density at radius 1 is 1.14 bits per heavy atom. The standard InChI is InChI=1S/C28H32BN4O9/c1-3-31-13-14-33(25(34)17(31)2)28(38)30-23(18-7-5-4-6-8-18)26(35)32-15-20(16-32)41-21-10-9-19-11-12-29(39,40)42-24(19)22(21)27(36)37/h4-10,20,23,39-40H,2-3,11-16H2,1H3,(H,30,38)(H,36,37)/q-1/t23-/m1/s1. The van der Waals surface area contributed by atoms with E-state index < -0.39 is 42.7 Å². The number of piperazine rings is 1. The molecule has 4 amide bonds. The van der Waals surface area contributed by atoms with Gasteiger partial charge in [-0.1, -0.05) is 49.3 Å². The highest BCUT2D eigenvalue weighted by Crippen LogP contribution is 2.39. The Hall–Kier alpha value is -4.56. The van der Waals surface area contributed by atoms with Crippen LogP contribution in [0.1, 0.15) is 34.5 Å². The molecule has 2 aromatic rings. The smallest absolute Gasteiger partial charge is 0.430 e. The summed E-state index contributed by atoms with van der Waals surface area (Å²) in [5.74, 6) is -2.47. The van der Waals surface area contributed by atoms with Crippen molar-refractivity contribution in [2.75, 3.05) is 32.7 Å². The number of amides is 4. The van der Waals surface area contributed by atoms with Crippen LogP contribution >= 0.6 is 0 Å². The van der Waals surface area contributed by atoms with E-state index in [-0.39, 0.29) is 55.1 Å². The van der Waals surface area contributed by atoms with Crippen LogP contribution in [0, 0.1) is 0 Å². The van der Waals surface area contributed by atoms with Crippen LogP contribution < -0.4 is 14.7 Å². The fourth-order valence-electron chi connectivity index (χ4n) is 5.31. The van der Waals surface area contributed by atoms with E-state index >= 15 is 0 Å². The van der Waals surface area contributed by atoms with E-state index in [1.54, 1.807) is 41.3 Å². The maximum absolute atomic E-state index is 13.6. The second-order valence-corrected chi connectivity index (χ2v) is 10.5. The molecule has 0 unspecified atom stereocenters. The lowest BCUT2D eigenvalue weighted by Gasteiger charge is -2.42. The van der Waals surface area contributed by atoms with Crippen LogP contribution in [0.4, 0.5) is 4.79 Å². The number of hydrogen-bond donors (Lipinski definition) is 4. The van der Waals surface area contributed by atoms with E-state index in [1.807, 2.05) is 6.92 Å². The number of fused-ring (bicyclic) bond motifs is 1. The van der Waals surface area contributed by atoms with Gasteiger partial charge in [0.15, 0.2) is 0 Å². The average molecular weight is 579 g/mol. The van der Waals surface area contributed by atoms with Gasteiger partial charge in [-0.05, 0) is 30.5 Å². The monoisotopic (exact) mass is 579 g/mol. The van der Waals surface area contributed by atoms with Gasteiger partial charge in [-0.2, -0.15) is 0 Å². The summed E-state index contributed by atoms with van der Waals surface area (Å²) in [5, 5.41) is 32.4. The van der Waals surface area contributed by atoms with Crippen LogP contribution in [0.3, 0.4) is 0 Å². The normalized spacial score (nSPS) is 18.9. The van der Waals surface area contributed by atoms with Gasteiger partial charge in [-0.3, -0.25) is 14.5 Å². The minimum Gasteiger partial charge on any atom is -0.669 e. The maximum atomic E-state index is 13.6. The van der Waals surface area contributed by atoms with Crippen molar-refractivity contribution in [3.63, 3.8) is 0 Å². The third kappa shape index (κ3) is 5.63. The summed E-state index contributed by atoms with van der Waals surface area (Å²) in [6.45, 7) is 3.88. The predicted molar refractivity (Wildman–Crippen MR) is 150 cm³/mol. The molecule has 0 spiro atoms. The Kier molecular flexibility index (Phi) is 7.84. The van der Waals surface area contributed by atoms with Gasteiger partial charge >= 0.3 is 18.8 Å². The zero-order valence-electron chi connectivity index (χ0n) is 23.1. The number of aryl methyl sites for hydroxylation is 1. The lowest BCUT2D eigenvalue weighted by atomic mass is 9.70. The van der Waals surface area contributed by atoms with Crippen molar-refractivity contribution in [2.24, 2.45) is 0 Å². The summed E-state index contributed by atoms with van der Waals surface area (Å²) in [6, 6.07) is 9.94. The predicted octanol–water partition coefficient (Wildman–Crippen LogP) is 0.962. The van der Waals surface area contributed by atoms with E-state index in [9.17, 15) is 34.3 Å². The quantitative estimate of drug-likeness (QED) is 0.274. The van der Waals surface area contributed by atoms with Gasteiger partial charge in [-0.25, -0.2) is 9.59 Å². The summed E-state index contributed by atoms with van der Waals surface area (Å²) in [6.07, 6.45) is -0.385. The number of carboxylic acids is 1. The number of nitrogens with one attached hydrogen (secondary N) is 1. The van der Waals surface area contributed by atoms with E-state index in [2.05, 4.69) is 11.9 Å². The number of aromatic carboxylic acids is 1. The molecule has 2 saturated heterocycles. The van der Waals surface area contributed by atoms with Gasteiger partial charge < -0.3 is 39.7 Å². The molecular formula is C28H32BN4O9-. The largest absolute Gasteiger partial charge is 0.669 e. The van der Waals surface area contributed by atoms with Gasteiger partial charge in [0.05, 0.1) is 24.5 Å². The molecule has 0 radical (unpaired) electrons. The van der Waals surface area contributed by atoms with Gasteiger partial charge in [-0.15, -0.1) is 0 Å². The molecule has 0 aliphatic carbocycles. The van der Waals surface area contributed by atoms with Crippen LogP contribution in [-0.2, 0) is 16.0 Å². The Bertz CT molecular complexity index is 1430. The number of benzene rings is 2. The minimum atomic E-state index is -3.18. The highest BCUT2D eigenvalue weighted by Gasteiger charge is 2.40. The van der Waals surface area contributed by atoms with Crippen LogP contribution in [-0.4, -0.2) is 99.3 Å². The molecule has 13 nitrogen and oxygen atoms in total. The number of nitrogens with zero attached hydrogens (tertiary/aromatic N) is 3. The molecule has 0 bridgehead atoms. The summed E-state index contributed by atoms with van der Waals surface area (Å²) in [4.78, 5) is 55.9. The number of carbonyl (C=O) groups excluding carboxylic acids is 3. The maximum Gasteiger partial charge on any atom is 0.430 e. The lowest BCUT2D eigenvalue weighted by Crippen LogP contribution is -2.60. The molecule has 2 fully saturated rings. The number of rotatable bonds is 7. The second-order valence-electron chi connectivity index (χ2n) is 10.5. The van der Waals surface area contributed by atoms with Crippen LogP contribution in [0.2, 0.25) is 6.32 Å². The third-order valence-electron chi connectivity index (χ3n) is 7.71.